The average Bonchev–Trinajstić information content (AvgIpc) is 3.02. The molecule has 1 aromatic carbocycles. The van der Waals surface area contributed by atoms with Gasteiger partial charge in [-0.1, -0.05) is 42.5 Å². The fourth-order valence-electron chi connectivity index (χ4n) is 2.66. The van der Waals surface area contributed by atoms with Crippen LogP contribution >= 0.6 is 11.3 Å². The van der Waals surface area contributed by atoms with Gasteiger partial charge in [0.25, 0.3) is 5.91 Å². The Kier molecular flexibility index (Phi) is 5.20. The van der Waals surface area contributed by atoms with Crippen molar-refractivity contribution in [3.63, 3.8) is 0 Å². The van der Waals surface area contributed by atoms with Gasteiger partial charge in [-0.3, -0.25) is 9.69 Å². The second kappa shape index (κ2) is 7.53. The average molecular weight is 327 g/mol. The molecule has 1 aliphatic heterocycles. The first-order valence-corrected chi connectivity index (χ1v) is 8.76. The van der Waals surface area contributed by atoms with Gasteiger partial charge in [-0.15, -0.1) is 11.3 Å². The van der Waals surface area contributed by atoms with Crippen LogP contribution in [0.1, 0.15) is 21.1 Å². The summed E-state index contributed by atoms with van der Waals surface area (Å²) < 4.78 is 0. The first kappa shape index (κ1) is 15.9. The zero-order valence-electron chi connectivity index (χ0n) is 13.3. The minimum atomic E-state index is 0.0637. The van der Waals surface area contributed by atoms with Crippen LogP contribution in [0.25, 0.3) is 6.08 Å². The van der Waals surface area contributed by atoms with Crippen molar-refractivity contribution >= 4 is 23.3 Å². The first-order valence-electron chi connectivity index (χ1n) is 7.88. The minimum Gasteiger partial charge on any atom is -0.335 e. The van der Waals surface area contributed by atoms with Gasteiger partial charge < -0.3 is 4.90 Å². The van der Waals surface area contributed by atoms with Crippen molar-refractivity contribution in [2.24, 2.45) is 0 Å². The molecule has 0 bridgehead atoms. The second-order valence-corrected chi connectivity index (χ2v) is 6.72. The molecule has 2 aromatic rings. The standard InChI is InChI=1S/C18H21N3OS/c1-15-19-17(14-23-15)18(22)21-12-10-20(11-13-21)9-5-8-16-6-3-2-4-7-16/h2-8,14H,9-13H2,1H3/b8-5+. The zero-order chi connectivity index (χ0) is 16.1. The molecule has 1 aromatic heterocycles. The molecule has 0 aliphatic carbocycles. The maximum atomic E-state index is 12.4. The van der Waals surface area contributed by atoms with Gasteiger partial charge in [-0.05, 0) is 12.5 Å². The first-order chi connectivity index (χ1) is 11.2. The molecule has 0 N–H and O–H groups in total. The fourth-order valence-corrected chi connectivity index (χ4v) is 3.25. The number of hydrogen-bond acceptors (Lipinski definition) is 4. The molecule has 4 nitrogen and oxygen atoms in total. The third kappa shape index (κ3) is 4.27. The Balaban J connectivity index is 1.47. The van der Waals surface area contributed by atoms with Crippen LogP contribution in [0.3, 0.4) is 0 Å². The van der Waals surface area contributed by atoms with Crippen molar-refractivity contribution in [1.82, 2.24) is 14.8 Å². The molecule has 0 radical (unpaired) electrons. The number of piperazine rings is 1. The molecule has 1 fully saturated rings. The number of aryl methyl sites for hydroxylation is 1. The number of amides is 1. The Morgan fingerprint density at radius 1 is 1.22 bits per heavy atom. The van der Waals surface area contributed by atoms with Crippen molar-refractivity contribution in [2.75, 3.05) is 32.7 Å². The van der Waals surface area contributed by atoms with Gasteiger partial charge in [0.2, 0.25) is 0 Å². The molecular weight excluding hydrogens is 306 g/mol. The van der Waals surface area contributed by atoms with Crippen molar-refractivity contribution in [1.29, 1.82) is 0 Å². The predicted octanol–water partition coefficient (Wildman–Crippen LogP) is 2.92. The van der Waals surface area contributed by atoms with E-state index in [-0.39, 0.29) is 5.91 Å². The lowest BCUT2D eigenvalue weighted by Gasteiger charge is -2.33. The molecule has 5 heteroatoms. The normalized spacial score (nSPS) is 16.1. The predicted molar refractivity (Wildman–Crippen MR) is 94.7 cm³/mol. The highest BCUT2D eigenvalue weighted by molar-refractivity contribution is 7.09. The van der Waals surface area contributed by atoms with Gasteiger partial charge >= 0.3 is 0 Å². The van der Waals surface area contributed by atoms with Gasteiger partial charge in [-0.2, -0.15) is 0 Å². The zero-order valence-corrected chi connectivity index (χ0v) is 14.1. The molecule has 0 atom stereocenters. The van der Waals surface area contributed by atoms with Crippen molar-refractivity contribution in [3.05, 3.63) is 58.1 Å². The Morgan fingerprint density at radius 3 is 2.61 bits per heavy atom. The second-order valence-electron chi connectivity index (χ2n) is 5.66. The molecule has 0 spiro atoms. The molecule has 2 heterocycles. The molecule has 1 aliphatic rings. The van der Waals surface area contributed by atoms with E-state index in [1.54, 1.807) is 0 Å². The number of aromatic nitrogens is 1. The van der Waals surface area contributed by atoms with Crippen LogP contribution in [-0.2, 0) is 0 Å². The summed E-state index contributed by atoms with van der Waals surface area (Å²) in [5.41, 5.74) is 1.81. The van der Waals surface area contributed by atoms with Crippen molar-refractivity contribution in [2.45, 2.75) is 6.92 Å². The van der Waals surface area contributed by atoms with Crippen molar-refractivity contribution in [3.8, 4) is 0 Å². The van der Waals surface area contributed by atoms with Crippen LogP contribution in [0.2, 0.25) is 0 Å². The summed E-state index contributed by atoms with van der Waals surface area (Å²) >= 11 is 1.53. The Bertz CT molecular complexity index is 673. The fraction of sp³-hybridized carbons (Fsp3) is 0.333. The number of thiazole rings is 1. The third-order valence-electron chi connectivity index (χ3n) is 3.97. The Labute approximate surface area is 141 Å². The lowest BCUT2D eigenvalue weighted by molar-refractivity contribution is 0.0645. The monoisotopic (exact) mass is 327 g/mol. The lowest BCUT2D eigenvalue weighted by Crippen LogP contribution is -2.48. The van der Waals surface area contributed by atoms with E-state index in [9.17, 15) is 4.79 Å². The largest absolute Gasteiger partial charge is 0.335 e. The summed E-state index contributed by atoms with van der Waals surface area (Å²) in [5.74, 6) is 0.0637. The van der Waals surface area contributed by atoms with Crippen LogP contribution in [0.5, 0.6) is 0 Å². The van der Waals surface area contributed by atoms with E-state index in [1.165, 1.54) is 16.9 Å². The summed E-state index contributed by atoms with van der Waals surface area (Å²) in [5, 5.41) is 2.80. The number of rotatable bonds is 4. The van der Waals surface area contributed by atoms with E-state index in [1.807, 2.05) is 35.4 Å². The van der Waals surface area contributed by atoms with Gasteiger partial charge in [0, 0.05) is 38.1 Å². The van der Waals surface area contributed by atoms with Crippen molar-refractivity contribution < 1.29 is 4.79 Å². The summed E-state index contributed by atoms with van der Waals surface area (Å²) in [7, 11) is 0. The Morgan fingerprint density at radius 2 is 1.96 bits per heavy atom. The van der Waals surface area contributed by atoms with E-state index in [0.717, 1.165) is 37.7 Å². The maximum absolute atomic E-state index is 12.4. The van der Waals surface area contributed by atoms with Gasteiger partial charge in [0.15, 0.2) is 0 Å². The molecule has 23 heavy (non-hydrogen) atoms. The maximum Gasteiger partial charge on any atom is 0.273 e. The number of benzene rings is 1. The summed E-state index contributed by atoms with van der Waals surface area (Å²) in [6.07, 6.45) is 4.34. The molecule has 0 unspecified atom stereocenters. The topological polar surface area (TPSA) is 36.4 Å². The highest BCUT2D eigenvalue weighted by Crippen LogP contribution is 2.12. The van der Waals surface area contributed by atoms with Gasteiger partial charge in [-0.25, -0.2) is 4.98 Å². The summed E-state index contributed by atoms with van der Waals surface area (Å²) in [4.78, 5) is 20.9. The molecule has 120 valence electrons. The van der Waals surface area contributed by atoms with Gasteiger partial charge in [0.05, 0.1) is 5.01 Å². The number of carbonyl (C=O) groups is 1. The van der Waals surface area contributed by atoms with Gasteiger partial charge in [0.1, 0.15) is 5.69 Å². The quantitative estimate of drug-likeness (QED) is 0.866. The van der Waals surface area contributed by atoms with E-state index in [0.29, 0.717) is 5.69 Å². The SMILES string of the molecule is Cc1nc(C(=O)N2CCN(C/C=C/c3ccccc3)CC2)cs1. The lowest BCUT2D eigenvalue weighted by atomic mass is 10.2. The molecular formula is C18H21N3OS. The smallest absolute Gasteiger partial charge is 0.273 e. The van der Waals surface area contributed by atoms with Crippen LogP contribution in [-0.4, -0.2) is 53.4 Å². The number of carbonyl (C=O) groups excluding carboxylic acids is 1. The summed E-state index contributed by atoms with van der Waals surface area (Å²) in [6, 6.07) is 10.3. The molecule has 0 saturated carbocycles. The molecule has 1 saturated heterocycles. The highest BCUT2D eigenvalue weighted by atomic mass is 32.1. The molecule has 1 amide bonds. The van der Waals surface area contributed by atoms with Crippen LogP contribution in [0, 0.1) is 6.92 Å². The number of nitrogens with zero attached hydrogens (tertiary/aromatic N) is 3. The van der Waals surface area contributed by atoms with E-state index >= 15 is 0 Å². The van der Waals surface area contributed by atoms with Crippen LogP contribution < -0.4 is 0 Å². The minimum absolute atomic E-state index is 0.0637. The Hall–Kier alpha value is -1.98. The summed E-state index contributed by atoms with van der Waals surface area (Å²) in [6.45, 7) is 6.22. The van der Waals surface area contributed by atoms with Crippen LogP contribution in [0.4, 0.5) is 0 Å². The van der Waals surface area contributed by atoms with Crippen LogP contribution in [0.15, 0.2) is 41.8 Å². The third-order valence-corrected chi connectivity index (χ3v) is 4.74. The number of hydrogen-bond donors (Lipinski definition) is 0. The molecule has 3 rings (SSSR count). The highest BCUT2D eigenvalue weighted by Gasteiger charge is 2.22. The van der Waals surface area contributed by atoms with E-state index in [4.69, 9.17) is 0 Å². The van der Waals surface area contributed by atoms with E-state index in [2.05, 4.69) is 34.2 Å². The van der Waals surface area contributed by atoms with E-state index < -0.39 is 0 Å².